The van der Waals surface area contributed by atoms with E-state index >= 15 is 0 Å². The Kier molecular flexibility index (Phi) is 4.09. The van der Waals surface area contributed by atoms with Crippen LogP contribution in [-0.4, -0.2) is 20.9 Å². The van der Waals surface area contributed by atoms with Gasteiger partial charge in [0.15, 0.2) is 0 Å². The van der Waals surface area contributed by atoms with Gasteiger partial charge in [0, 0.05) is 12.1 Å². The maximum atomic E-state index is 12.7. The number of nitrogens with zero attached hydrogens (tertiary/aromatic N) is 3. The van der Waals surface area contributed by atoms with Gasteiger partial charge in [0.2, 0.25) is 0 Å². The van der Waals surface area contributed by atoms with Crippen LogP contribution in [0.15, 0.2) is 30.5 Å². The highest BCUT2D eigenvalue weighted by Gasteiger charge is 2.01. The molecule has 0 spiro atoms. The summed E-state index contributed by atoms with van der Waals surface area (Å²) in [5.41, 5.74) is 1.94. The summed E-state index contributed by atoms with van der Waals surface area (Å²) in [6.07, 6.45) is 3.64. The summed E-state index contributed by atoms with van der Waals surface area (Å²) in [5.74, 6) is 0.403. The van der Waals surface area contributed by atoms with Crippen LogP contribution in [0, 0.1) is 5.82 Å². The Bertz CT molecular complexity index is 467. The van der Waals surface area contributed by atoms with Gasteiger partial charge in [-0.25, -0.2) is 9.07 Å². The molecule has 2 rings (SSSR count). The summed E-state index contributed by atoms with van der Waals surface area (Å²) in [7, 11) is 0. The van der Waals surface area contributed by atoms with Crippen LogP contribution >= 0.6 is 11.6 Å². The lowest BCUT2D eigenvalue weighted by molar-refractivity contribution is 0.621. The van der Waals surface area contributed by atoms with Gasteiger partial charge in [0.25, 0.3) is 0 Å². The van der Waals surface area contributed by atoms with E-state index in [1.165, 1.54) is 12.1 Å². The van der Waals surface area contributed by atoms with Crippen molar-refractivity contribution in [3.63, 3.8) is 0 Å². The molecular formula is C12H13ClFN3. The fraction of sp³-hybridized carbons (Fsp3) is 0.333. The highest BCUT2D eigenvalue weighted by Crippen LogP contribution is 2.06. The van der Waals surface area contributed by atoms with E-state index in [9.17, 15) is 4.39 Å². The monoisotopic (exact) mass is 253 g/mol. The standard InChI is InChI=1S/C12H13ClFN3/c13-7-1-2-12-9-17(16-15-12)8-10-3-5-11(14)6-4-10/h3-6,9H,1-2,7-8H2. The van der Waals surface area contributed by atoms with Gasteiger partial charge in [0.1, 0.15) is 5.82 Å². The second kappa shape index (κ2) is 5.77. The highest BCUT2D eigenvalue weighted by molar-refractivity contribution is 6.17. The minimum Gasteiger partial charge on any atom is -0.248 e. The Morgan fingerprint density at radius 1 is 1.24 bits per heavy atom. The first-order valence-corrected chi connectivity index (χ1v) is 6.01. The van der Waals surface area contributed by atoms with Crippen LogP contribution in [0.25, 0.3) is 0 Å². The lowest BCUT2D eigenvalue weighted by atomic mass is 10.2. The summed E-state index contributed by atoms with van der Waals surface area (Å²) < 4.78 is 14.5. The molecule has 0 fully saturated rings. The largest absolute Gasteiger partial charge is 0.248 e. The minimum absolute atomic E-state index is 0.227. The van der Waals surface area contributed by atoms with Crippen LogP contribution in [0.1, 0.15) is 17.7 Å². The van der Waals surface area contributed by atoms with Gasteiger partial charge < -0.3 is 0 Å². The van der Waals surface area contributed by atoms with Crippen LogP contribution in [0.5, 0.6) is 0 Å². The molecule has 0 unspecified atom stereocenters. The molecule has 5 heteroatoms. The third-order valence-electron chi connectivity index (χ3n) is 2.41. The fourth-order valence-electron chi connectivity index (χ4n) is 1.56. The maximum Gasteiger partial charge on any atom is 0.123 e. The number of aromatic nitrogens is 3. The minimum atomic E-state index is -0.227. The summed E-state index contributed by atoms with van der Waals surface area (Å²) in [5, 5.41) is 8.06. The number of alkyl halides is 1. The van der Waals surface area contributed by atoms with E-state index < -0.39 is 0 Å². The normalized spacial score (nSPS) is 10.7. The molecule has 0 N–H and O–H groups in total. The molecular weight excluding hydrogens is 241 g/mol. The number of halogens is 2. The molecule has 0 saturated carbocycles. The van der Waals surface area contributed by atoms with Gasteiger partial charge in [-0.15, -0.1) is 16.7 Å². The molecule has 0 aliphatic heterocycles. The van der Waals surface area contributed by atoms with Crippen LogP contribution < -0.4 is 0 Å². The van der Waals surface area contributed by atoms with E-state index in [2.05, 4.69) is 10.3 Å². The van der Waals surface area contributed by atoms with Gasteiger partial charge in [-0.1, -0.05) is 17.3 Å². The summed E-state index contributed by atoms with van der Waals surface area (Å²) >= 11 is 5.61. The van der Waals surface area contributed by atoms with Crippen LogP contribution in [0.3, 0.4) is 0 Å². The molecule has 1 aromatic heterocycles. The summed E-state index contributed by atoms with van der Waals surface area (Å²) in [6, 6.07) is 6.38. The van der Waals surface area contributed by atoms with Crippen molar-refractivity contribution in [3.05, 3.63) is 47.5 Å². The van der Waals surface area contributed by atoms with Gasteiger partial charge in [0.05, 0.1) is 12.2 Å². The van der Waals surface area contributed by atoms with Crippen molar-refractivity contribution in [2.45, 2.75) is 19.4 Å². The second-order valence-electron chi connectivity index (χ2n) is 3.83. The van der Waals surface area contributed by atoms with E-state index in [-0.39, 0.29) is 5.82 Å². The Labute approximate surface area is 104 Å². The Hall–Kier alpha value is -1.42. The lowest BCUT2D eigenvalue weighted by Crippen LogP contribution is -2.00. The molecule has 3 nitrogen and oxygen atoms in total. The van der Waals surface area contributed by atoms with E-state index in [1.807, 2.05) is 6.20 Å². The topological polar surface area (TPSA) is 30.7 Å². The Morgan fingerprint density at radius 3 is 2.71 bits per heavy atom. The molecule has 0 radical (unpaired) electrons. The number of hydrogen-bond acceptors (Lipinski definition) is 2. The molecule has 0 bridgehead atoms. The van der Waals surface area contributed by atoms with Gasteiger partial charge in [-0.2, -0.15) is 0 Å². The highest BCUT2D eigenvalue weighted by atomic mass is 35.5. The molecule has 1 aromatic carbocycles. The molecule has 0 atom stereocenters. The zero-order valence-corrected chi connectivity index (χ0v) is 10.1. The molecule has 17 heavy (non-hydrogen) atoms. The zero-order chi connectivity index (χ0) is 12.1. The number of hydrogen-bond donors (Lipinski definition) is 0. The first-order chi connectivity index (χ1) is 8.28. The third kappa shape index (κ3) is 3.53. The molecule has 2 aromatic rings. The third-order valence-corrected chi connectivity index (χ3v) is 2.68. The number of rotatable bonds is 5. The van der Waals surface area contributed by atoms with Gasteiger partial charge >= 0.3 is 0 Å². The van der Waals surface area contributed by atoms with Crippen molar-refractivity contribution >= 4 is 11.6 Å². The Morgan fingerprint density at radius 2 is 2.00 bits per heavy atom. The maximum absolute atomic E-state index is 12.7. The van der Waals surface area contributed by atoms with Crippen LogP contribution in [0.2, 0.25) is 0 Å². The summed E-state index contributed by atoms with van der Waals surface area (Å²) in [4.78, 5) is 0. The lowest BCUT2D eigenvalue weighted by Gasteiger charge is -2.00. The van der Waals surface area contributed by atoms with E-state index in [0.717, 1.165) is 24.1 Å². The number of benzene rings is 1. The van der Waals surface area contributed by atoms with E-state index in [4.69, 9.17) is 11.6 Å². The van der Waals surface area contributed by atoms with Crippen molar-refractivity contribution < 1.29 is 4.39 Å². The van der Waals surface area contributed by atoms with Crippen LogP contribution in [-0.2, 0) is 13.0 Å². The van der Waals surface area contributed by atoms with E-state index in [0.29, 0.717) is 12.4 Å². The van der Waals surface area contributed by atoms with E-state index in [1.54, 1.807) is 16.8 Å². The quantitative estimate of drug-likeness (QED) is 0.767. The first-order valence-electron chi connectivity index (χ1n) is 5.47. The predicted octanol–water partition coefficient (Wildman–Crippen LogP) is 2.64. The molecule has 90 valence electrons. The zero-order valence-electron chi connectivity index (χ0n) is 9.31. The molecule has 0 aliphatic rings. The fourth-order valence-corrected chi connectivity index (χ4v) is 1.69. The molecule has 0 amide bonds. The van der Waals surface area contributed by atoms with Crippen molar-refractivity contribution in [1.82, 2.24) is 15.0 Å². The molecule has 1 heterocycles. The van der Waals surface area contributed by atoms with Crippen molar-refractivity contribution in [2.75, 3.05) is 5.88 Å². The van der Waals surface area contributed by atoms with Crippen molar-refractivity contribution in [3.8, 4) is 0 Å². The second-order valence-corrected chi connectivity index (χ2v) is 4.20. The first kappa shape index (κ1) is 12.0. The SMILES string of the molecule is Fc1ccc(Cn2cc(CCCCl)nn2)cc1. The summed E-state index contributed by atoms with van der Waals surface area (Å²) in [6.45, 7) is 0.605. The van der Waals surface area contributed by atoms with Crippen LogP contribution in [0.4, 0.5) is 4.39 Å². The average Bonchev–Trinajstić information content (AvgIpc) is 2.77. The molecule has 0 saturated heterocycles. The molecule has 0 aliphatic carbocycles. The van der Waals surface area contributed by atoms with Gasteiger partial charge in [-0.05, 0) is 30.5 Å². The average molecular weight is 254 g/mol. The smallest absolute Gasteiger partial charge is 0.123 e. The predicted molar refractivity (Wildman–Crippen MR) is 64.6 cm³/mol. The van der Waals surface area contributed by atoms with Crippen molar-refractivity contribution in [2.24, 2.45) is 0 Å². The number of aryl methyl sites for hydroxylation is 1. The Balaban J connectivity index is 1.98. The van der Waals surface area contributed by atoms with Crippen molar-refractivity contribution in [1.29, 1.82) is 0 Å². The van der Waals surface area contributed by atoms with Gasteiger partial charge in [-0.3, -0.25) is 0 Å².